The van der Waals surface area contributed by atoms with Crippen molar-refractivity contribution in [3.8, 4) is 11.1 Å². The van der Waals surface area contributed by atoms with E-state index >= 15 is 0 Å². The molecule has 4 atom stereocenters. The van der Waals surface area contributed by atoms with Crippen molar-refractivity contribution in [2.45, 2.75) is 64.2 Å². The van der Waals surface area contributed by atoms with E-state index < -0.39 is 30.3 Å². The molecule has 7 rings (SSSR count). The van der Waals surface area contributed by atoms with Gasteiger partial charge in [0, 0.05) is 23.9 Å². The van der Waals surface area contributed by atoms with E-state index in [1.54, 1.807) is 16.7 Å². The van der Waals surface area contributed by atoms with Crippen molar-refractivity contribution in [2.24, 2.45) is 0 Å². The van der Waals surface area contributed by atoms with Crippen LogP contribution in [0, 0.1) is 0 Å². The SMILES string of the molecule is C=C[C@H](NC(=O)OC)C(=O)N(CCC)[C@@H](C)c1nc2ccc3cc(-c4ccc5c(ccc6nc([C@@H]7CCCN7C(=O)[C@H](C)NC(=O)OC)[nH]c65)c4)ccc3c2[nH]1. The van der Waals surface area contributed by atoms with Crippen molar-refractivity contribution in [3.63, 3.8) is 0 Å². The van der Waals surface area contributed by atoms with E-state index in [4.69, 9.17) is 14.7 Å². The van der Waals surface area contributed by atoms with Gasteiger partial charge in [-0.25, -0.2) is 19.6 Å². The molecule has 0 saturated carbocycles. The number of imidazole rings is 2. The maximum absolute atomic E-state index is 13.5. The van der Waals surface area contributed by atoms with Crippen LogP contribution in [0.1, 0.15) is 63.8 Å². The summed E-state index contributed by atoms with van der Waals surface area (Å²) in [6, 6.07) is 18.5. The molecule has 3 heterocycles. The number of nitrogens with zero attached hydrogens (tertiary/aromatic N) is 4. The van der Waals surface area contributed by atoms with Gasteiger partial charge in [-0.05, 0) is 79.3 Å². The number of hydrogen-bond donors (Lipinski definition) is 4. The van der Waals surface area contributed by atoms with E-state index in [2.05, 4.69) is 80.4 Å². The summed E-state index contributed by atoms with van der Waals surface area (Å²) in [5.74, 6) is 0.892. The smallest absolute Gasteiger partial charge is 0.407 e. The summed E-state index contributed by atoms with van der Waals surface area (Å²) in [5.41, 5.74) is 5.51. The van der Waals surface area contributed by atoms with Gasteiger partial charge in [0.15, 0.2) is 0 Å². The van der Waals surface area contributed by atoms with E-state index in [9.17, 15) is 19.2 Å². The molecule has 56 heavy (non-hydrogen) atoms. The van der Waals surface area contributed by atoms with Crippen LogP contribution in [0.3, 0.4) is 0 Å². The first kappa shape index (κ1) is 37.9. The monoisotopic (exact) mass is 758 g/mol. The van der Waals surface area contributed by atoms with Crippen LogP contribution in [0.25, 0.3) is 54.7 Å². The molecule has 0 unspecified atom stereocenters. The number of fused-ring (bicyclic) bond motifs is 6. The number of benzene rings is 4. The lowest BCUT2D eigenvalue weighted by molar-refractivity contribution is -0.135. The third-order valence-electron chi connectivity index (χ3n) is 10.6. The number of alkyl carbamates (subject to hydrolysis) is 2. The molecule has 6 aromatic rings. The summed E-state index contributed by atoms with van der Waals surface area (Å²) in [6.45, 7) is 10.3. The number of rotatable bonds is 11. The lowest BCUT2D eigenvalue weighted by Gasteiger charge is -2.30. The normalized spacial score (nSPS) is 15.8. The molecule has 1 fully saturated rings. The van der Waals surface area contributed by atoms with Crippen LogP contribution < -0.4 is 10.6 Å². The summed E-state index contributed by atoms with van der Waals surface area (Å²) < 4.78 is 9.37. The third-order valence-corrected chi connectivity index (χ3v) is 10.6. The summed E-state index contributed by atoms with van der Waals surface area (Å²) in [5, 5.41) is 9.24. The Labute approximate surface area is 323 Å². The number of amides is 4. The molecule has 4 N–H and O–H groups in total. The van der Waals surface area contributed by atoms with Crippen LogP contribution in [0.2, 0.25) is 0 Å². The average Bonchev–Trinajstić information content (AvgIpc) is 3.99. The van der Waals surface area contributed by atoms with E-state index in [0.29, 0.717) is 25.3 Å². The van der Waals surface area contributed by atoms with Gasteiger partial charge in [0.2, 0.25) is 11.8 Å². The number of likely N-dealkylation sites (tertiary alicyclic amines) is 1. The highest BCUT2D eigenvalue weighted by molar-refractivity contribution is 6.07. The Balaban J connectivity index is 1.14. The second-order valence-electron chi connectivity index (χ2n) is 14.1. The van der Waals surface area contributed by atoms with Crippen molar-refractivity contribution in [1.82, 2.24) is 40.4 Å². The van der Waals surface area contributed by atoms with Gasteiger partial charge in [0.05, 0.1) is 48.4 Å². The van der Waals surface area contributed by atoms with Crippen LogP contribution in [-0.2, 0) is 19.1 Å². The van der Waals surface area contributed by atoms with E-state index in [-0.39, 0.29) is 17.9 Å². The first-order valence-corrected chi connectivity index (χ1v) is 18.8. The lowest BCUT2D eigenvalue weighted by atomic mass is 9.98. The van der Waals surface area contributed by atoms with Crippen LogP contribution in [0.5, 0.6) is 0 Å². The number of aromatic nitrogens is 4. The Morgan fingerprint density at radius 2 is 1.50 bits per heavy atom. The van der Waals surface area contributed by atoms with Crippen molar-refractivity contribution < 1.29 is 28.7 Å². The fraction of sp³-hybridized carbons (Fsp3) is 0.333. The summed E-state index contributed by atoms with van der Waals surface area (Å²) in [4.78, 5) is 70.7. The van der Waals surface area contributed by atoms with Gasteiger partial charge in [-0.3, -0.25) is 9.59 Å². The van der Waals surface area contributed by atoms with Crippen molar-refractivity contribution in [3.05, 3.63) is 85.0 Å². The standard InChI is InChI=1S/C42H46N8O6/c1-7-19-49(40(52)31(8-2)46-42(54)56-6)24(4)37-44-32-17-13-27-21-25(11-15-29(27)35(32)47-37)26-12-16-30-28(22-26)14-18-33-36(30)48-38(45-33)34-10-9-20-50(34)39(51)23(3)43-41(53)55-5/h8,11-18,21-24,31,34H,2,7,9-10,19-20H2,1,3-6H3,(H,43,53)(H,44,47)(H,45,48)(H,46,54)/t23-,24-,31-,34-/m0/s1. The van der Waals surface area contributed by atoms with Gasteiger partial charge >= 0.3 is 12.2 Å². The number of carbonyl (C=O) groups is 4. The molecule has 0 radical (unpaired) electrons. The molecule has 14 nitrogen and oxygen atoms in total. The molecule has 1 aliphatic heterocycles. The molecule has 0 spiro atoms. The highest BCUT2D eigenvalue weighted by Crippen LogP contribution is 2.36. The molecule has 14 heteroatoms. The zero-order valence-corrected chi connectivity index (χ0v) is 32.1. The van der Waals surface area contributed by atoms with Gasteiger partial charge in [0.25, 0.3) is 0 Å². The largest absolute Gasteiger partial charge is 0.453 e. The molecule has 1 aliphatic rings. The van der Waals surface area contributed by atoms with Gasteiger partial charge in [-0.1, -0.05) is 49.4 Å². The fourth-order valence-corrected chi connectivity index (χ4v) is 7.70. The molecule has 2 aromatic heterocycles. The second kappa shape index (κ2) is 15.7. The Kier molecular flexibility index (Phi) is 10.6. The zero-order chi connectivity index (χ0) is 39.7. The minimum absolute atomic E-state index is 0.176. The number of nitrogens with one attached hydrogen (secondary N) is 4. The quantitative estimate of drug-likeness (QED) is 0.102. The van der Waals surface area contributed by atoms with Crippen LogP contribution in [-0.4, -0.2) is 93.1 Å². The average molecular weight is 759 g/mol. The van der Waals surface area contributed by atoms with Crippen LogP contribution >= 0.6 is 0 Å². The Morgan fingerprint density at radius 3 is 2.11 bits per heavy atom. The summed E-state index contributed by atoms with van der Waals surface area (Å²) >= 11 is 0. The number of aromatic amines is 2. The van der Waals surface area contributed by atoms with Crippen molar-refractivity contribution in [1.29, 1.82) is 0 Å². The number of H-pyrrole nitrogens is 2. The van der Waals surface area contributed by atoms with Crippen molar-refractivity contribution >= 4 is 67.6 Å². The molecule has 0 aliphatic carbocycles. The lowest BCUT2D eigenvalue weighted by Crippen LogP contribution is -2.48. The van der Waals surface area contributed by atoms with Crippen molar-refractivity contribution in [2.75, 3.05) is 27.3 Å². The van der Waals surface area contributed by atoms with Gasteiger partial charge in [-0.2, -0.15) is 0 Å². The number of methoxy groups -OCH3 is 2. The van der Waals surface area contributed by atoms with Gasteiger partial charge < -0.3 is 39.9 Å². The Bertz CT molecular complexity index is 2490. The highest BCUT2D eigenvalue weighted by Gasteiger charge is 2.35. The second-order valence-corrected chi connectivity index (χ2v) is 14.1. The molecule has 290 valence electrons. The van der Waals surface area contributed by atoms with Crippen LogP contribution in [0.4, 0.5) is 9.59 Å². The maximum atomic E-state index is 13.5. The molecule has 0 bridgehead atoms. The first-order valence-electron chi connectivity index (χ1n) is 18.8. The van der Waals surface area contributed by atoms with Gasteiger partial charge in [0.1, 0.15) is 23.7 Å². The van der Waals surface area contributed by atoms with Crippen LogP contribution in [0.15, 0.2) is 73.3 Å². The predicted molar refractivity (Wildman–Crippen MR) is 215 cm³/mol. The molecular formula is C42H46N8O6. The zero-order valence-electron chi connectivity index (χ0n) is 32.1. The minimum atomic E-state index is -0.939. The Hall–Kier alpha value is -6.44. The topological polar surface area (TPSA) is 175 Å². The molecule has 1 saturated heterocycles. The van der Waals surface area contributed by atoms with E-state index in [1.807, 2.05) is 26.0 Å². The third kappa shape index (κ3) is 7.09. The number of carbonyl (C=O) groups excluding carboxylic acids is 4. The maximum Gasteiger partial charge on any atom is 0.407 e. The molecule has 4 amide bonds. The molecular weight excluding hydrogens is 713 g/mol. The highest BCUT2D eigenvalue weighted by atomic mass is 16.5. The van der Waals surface area contributed by atoms with E-state index in [0.717, 1.165) is 73.4 Å². The number of hydrogen-bond acceptors (Lipinski definition) is 8. The van der Waals surface area contributed by atoms with Gasteiger partial charge in [-0.15, -0.1) is 6.58 Å². The minimum Gasteiger partial charge on any atom is -0.453 e. The summed E-state index contributed by atoms with van der Waals surface area (Å²) in [6.07, 6.45) is 2.37. The first-order chi connectivity index (χ1) is 27.0. The predicted octanol–water partition coefficient (Wildman–Crippen LogP) is 7.03. The molecule has 4 aromatic carbocycles. The van der Waals surface area contributed by atoms with E-state index in [1.165, 1.54) is 20.3 Å². The Morgan fingerprint density at radius 1 is 0.893 bits per heavy atom. The fourth-order valence-electron chi connectivity index (χ4n) is 7.70. The summed E-state index contributed by atoms with van der Waals surface area (Å²) in [7, 11) is 2.52. The number of ether oxygens (including phenoxy) is 2.